The van der Waals surface area contributed by atoms with E-state index in [4.69, 9.17) is 22.1 Å². The van der Waals surface area contributed by atoms with E-state index < -0.39 is 47.4 Å². The van der Waals surface area contributed by atoms with E-state index in [1.807, 2.05) is 0 Å². The van der Waals surface area contributed by atoms with Gasteiger partial charge in [0.05, 0.1) is 23.2 Å². The number of ether oxygens (including phenoxy) is 1. The molecule has 2 aliphatic carbocycles. The molecule has 12 heteroatoms. The lowest BCUT2D eigenvalue weighted by atomic mass is 9.60. The van der Waals surface area contributed by atoms with Gasteiger partial charge in [-0.15, -0.1) is 0 Å². The molecule has 1 spiro atoms. The predicted octanol–water partition coefficient (Wildman–Crippen LogP) is 3.17. The van der Waals surface area contributed by atoms with Crippen LogP contribution in [-0.2, 0) is 19.1 Å². The van der Waals surface area contributed by atoms with Crippen LogP contribution in [0, 0.1) is 17.3 Å². The van der Waals surface area contributed by atoms with Gasteiger partial charge in [-0.2, -0.15) is 4.39 Å². The lowest BCUT2D eigenvalue weighted by Crippen LogP contribution is -2.53. The number of aliphatic imine (C=N–C) groups is 1. The van der Waals surface area contributed by atoms with Gasteiger partial charge in [-0.25, -0.2) is 9.37 Å². The molecule has 0 aromatic carbocycles. The van der Waals surface area contributed by atoms with Crippen molar-refractivity contribution in [1.29, 1.82) is 0 Å². The third-order valence-electron chi connectivity index (χ3n) is 8.33. The Morgan fingerprint density at radius 1 is 1.20 bits per heavy atom. The monoisotopic (exact) mass is 568 g/mol. The van der Waals surface area contributed by atoms with Gasteiger partial charge in [-0.3, -0.25) is 24.2 Å². The maximum Gasteiger partial charge on any atom is 0.315 e. The number of carbonyl (C=O) groups is 4. The number of hydrogen-bond acceptors (Lipinski definition) is 8. The molecule has 1 aromatic heterocycles. The average Bonchev–Trinajstić information content (AvgIpc) is 3.18. The molecule has 3 aliphatic heterocycles. The van der Waals surface area contributed by atoms with Crippen molar-refractivity contribution in [2.75, 3.05) is 25.4 Å². The van der Waals surface area contributed by atoms with E-state index in [1.54, 1.807) is 4.90 Å². The number of nitrogen functional groups attached to an aromatic ring is 1. The first kappa shape index (κ1) is 26.2. The quantitative estimate of drug-likeness (QED) is 0.335. The molecule has 1 saturated carbocycles. The Morgan fingerprint density at radius 2 is 1.98 bits per heavy atom. The molecule has 4 heterocycles. The Balaban J connectivity index is 1.42. The number of pyridine rings is 1. The summed E-state index contributed by atoms with van der Waals surface area (Å²) in [6, 6.07) is 2.00. The molecule has 206 valence electrons. The Hall–Kier alpha value is -3.99. The molecule has 5 aliphatic rings. The molecule has 1 aromatic rings. The number of halogens is 3. The van der Waals surface area contributed by atoms with E-state index in [-0.39, 0.29) is 52.4 Å². The van der Waals surface area contributed by atoms with Crippen LogP contribution in [0.25, 0.3) is 0 Å². The lowest BCUT2D eigenvalue weighted by Gasteiger charge is -2.49. The van der Waals surface area contributed by atoms with Gasteiger partial charge in [0.1, 0.15) is 17.6 Å². The maximum atomic E-state index is 15.2. The van der Waals surface area contributed by atoms with Crippen LogP contribution in [0.3, 0.4) is 0 Å². The Labute approximate surface area is 232 Å². The summed E-state index contributed by atoms with van der Waals surface area (Å²) in [6.07, 6.45) is 6.19. The molecule has 9 nitrogen and oxygen atoms in total. The highest BCUT2D eigenvalue weighted by atomic mass is 35.5. The number of esters is 1. The zero-order chi connectivity index (χ0) is 28.3. The van der Waals surface area contributed by atoms with Gasteiger partial charge in [0.25, 0.3) is 0 Å². The number of Topliss-reactive ketones (excluding diaryl/α,β-unsaturated/α-hetero) is 1. The summed E-state index contributed by atoms with van der Waals surface area (Å²) < 4.78 is 34.7. The minimum Gasteiger partial charge on any atom is -0.457 e. The standard InChI is InChI=1S/C28H23ClF2N4O5/c29-18-10-33-9-16-23(15-6-13(36)7-19(30)24(15)18)17(11-35-22(38)8-28(25(16)35)4-1-5-28)27(39)40-12-20(37)14-2-3-21(32)34-26(14)31/h2-3,6-7,10,17,25H,1,4-5,8-9,11-12H2,(H2,32,34). The first-order valence-corrected chi connectivity index (χ1v) is 13.2. The Kier molecular flexibility index (Phi) is 6.29. The van der Waals surface area contributed by atoms with Crippen molar-refractivity contribution in [2.24, 2.45) is 16.3 Å². The lowest BCUT2D eigenvalue weighted by molar-refractivity contribution is -0.148. The van der Waals surface area contributed by atoms with Crippen molar-refractivity contribution in [2.45, 2.75) is 31.7 Å². The smallest absolute Gasteiger partial charge is 0.315 e. The molecule has 2 atom stereocenters. The van der Waals surface area contributed by atoms with E-state index in [1.165, 1.54) is 18.4 Å². The van der Waals surface area contributed by atoms with Gasteiger partial charge in [0.15, 0.2) is 12.4 Å². The second kappa shape index (κ2) is 9.58. The van der Waals surface area contributed by atoms with Gasteiger partial charge < -0.3 is 15.4 Å². The predicted molar refractivity (Wildman–Crippen MR) is 139 cm³/mol. The van der Waals surface area contributed by atoms with Crippen molar-refractivity contribution >= 4 is 47.1 Å². The van der Waals surface area contributed by atoms with E-state index in [0.29, 0.717) is 17.6 Å². The summed E-state index contributed by atoms with van der Waals surface area (Å²) in [6.45, 7) is -0.840. The molecular formula is C28H23ClF2N4O5. The normalized spacial score (nSPS) is 24.9. The van der Waals surface area contributed by atoms with Crippen LogP contribution < -0.4 is 5.73 Å². The molecule has 0 bridgehead atoms. The van der Waals surface area contributed by atoms with Crippen LogP contribution in [0.1, 0.15) is 36.0 Å². The summed E-state index contributed by atoms with van der Waals surface area (Å²) in [7, 11) is 0. The summed E-state index contributed by atoms with van der Waals surface area (Å²) in [5, 5.41) is -0.0454. The maximum absolute atomic E-state index is 15.2. The molecule has 2 unspecified atom stereocenters. The number of ketones is 2. The third-order valence-corrected chi connectivity index (χ3v) is 8.61. The first-order valence-electron chi connectivity index (χ1n) is 12.8. The third kappa shape index (κ3) is 4.11. The first-order chi connectivity index (χ1) is 19.1. The highest BCUT2D eigenvalue weighted by Crippen LogP contribution is 2.58. The number of amides is 1. The Bertz CT molecular complexity index is 1560. The Morgan fingerprint density at radius 3 is 2.67 bits per heavy atom. The van der Waals surface area contributed by atoms with Crippen LogP contribution >= 0.6 is 11.6 Å². The summed E-state index contributed by atoms with van der Waals surface area (Å²) in [5.74, 6) is -5.76. The number of anilines is 1. The number of hydrogen-bond donors (Lipinski definition) is 1. The molecular weight excluding hydrogens is 546 g/mol. The minimum absolute atomic E-state index is 0.0454. The number of fused-ring (bicyclic) bond motifs is 5. The molecule has 6 rings (SSSR count). The molecule has 2 N–H and O–H groups in total. The fourth-order valence-electron chi connectivity index (χ4n) is 6.50. The zero-order valence-corrected chi connectivity index (χ0v) is 21.8. The van der Waals surface area contributed by atoms with Crippen LogP contribution in [-0.4, -0.2) is 65.3 Å². The van der Waals surface area contributed by atoms with Gasteiger partial charge >= 0.3 is 5.97 Å². The van der Waals surface area contributed by atoms with Gasteiger partial charge in [0, 0.05) is 36.2 Å². The fourth-order valence-corrected chi connectivity index (χ4v) is 6.76. The van der Waals surface area contributed by atoms with Crippen LogP contribution in [0.4, 0.5) is 14.6 Å². The van der Waals surface area contributed by atoms with Gasteiger partial charge in [-0.1, -0.05) is 18.0 Å². The van der Waals surface area contributed by atoms with Crippen molar-refractivity contribution in [3.8, 4) is 0 Å². The largest absolute Gasteiger partial charge is 0.457 e. The summed E-state index contributed by atoms with van der Waals surface area (Å²) in [4.78, 5) is 61.4. The molecule has 40 heavy (non-hydrogen) atoms. The molecule has 0 radical (unpaired) electrons. The summed E-state index contributed by atoms with van der Waals surface area (Å²) >= 11 is 6.39. The van der Waals surface area contributed by atoms with Gasteiger partial charge in [-0.05, 0) is 47.8 Å². The molecule has 2 fully saturated rings. The van der Waals surface area contributed by atoms with E-state index in [9.17, 15) is 23.6 Å². The van der Waals surface area contributed by atoms with E-state index >= 15 is 4.39 Å². The number of allylic oxidation sites excluding steroid dienone is 6. The van der Waals surface area contributed by atoms with Crippen molar-refractivity contribution in [3.63, 3.8) is 0 Å². The number of rotatable bonds is 4. The summed E-state index contributed by atoms with van der Waals surface area (Å²) in [5.41, 5.74) is 5.68. The molecule has 1 saturated heterocycles. The number of nitrogens with zero attached hydrogens (tertiary/aromatic N) is 3. The average molecular weight is 569 g/mol. The molecule has 1 amide bonds. The van der Waals surface area contributed by atoms with E-state index in [0.717, 1.165) is 31.4 Å². The fraction of sp³-hybridized carbons (Fsp3) is 0.357. The highest BCUT2D eigenvalue weighted by molar-refractivity contribution is 6.40. The second-order valence-electron chi connectivity index (χ2n) is 10.6. The number of nitrogens with two attached hydrogens (primary N) is 1. The number of carbonyl (C=O) groups excluding carboxylic acids is 4. The zero-order valence-electron chi connectivity index (χ0n) is 21.1. The topological polar surface area (TPSA) is 132 Å². The van der Waals surface area contributed by atoms with Gasteiger partial charge in [0.2, 0.25) is 17.6 Å². The minimum atomic E-state index is -1.18. The van der Waals surface area contributed by atoms with Crippen molar-refractivity contribution < 1.29 is 32.7 Å². The number of aromatic nitrogens is 1. The highest BCUT2D eigenvalue weighted by Gasteiger charge is 2.59. The SMILES string of the molecule is Nc1ccc(C(=O)COC(=O)C2CN3C(=O)CC4(CCC4)C3C3=C2C2=CC(=O)C=C(F)C2=C(Cl)C=NC3)c(F)n1. The van der Waals surface area contributed by atoms with Crippen molar-refractivity contribution in [3.05, 3.63) is 68.9 Å². The van der Waals surface area contributed by atoms with Crippen LogP contribution in [0.15, 0.2) is 62.4 Å². The van der Waals surface area contributed by atoms with Crippen LogP contribution in [0.5, 0.6) is 0 Å². The van der Waals surface area contributed by atoms with Crippen molar-refractivity contribution in [1.82, 2.24) is 9.88 Å². The second-order valence-corrected chi connectivity index (χ2v) is 11.0. The van der Waals surface area contributed by atoms with Crippen LogP contribution in [0.2, 0.25) is 0 Å². The van der Waals surface area contributed by atoms with E-state index in [2.05, 4.69) is 9.98 Å².